The molecular formula is C18H15ClN6O3. The van der Waals surface area contributed by atoms with E-state index in [2.05, 4.69) is 4.98 Å². The summed E-state index contributed by atoms with van der Waals surface area (Å²) in [5, 5.41) is 23.9. The molecule has 1 aliphatic heterocycles. The summed E-state index contributed by atoms with van der Waals surface area (Å²) in [7, 11) is 0. The first-order chi connectivity index (χ1) is 13.5. The topological polar surface area (TPSA) is 115 Å². The number of hydrogen-bond donors (Lipinski definition) is 1. The van der Waals surface area contributed by atoms with Gasteiger partial charge in [-0.05, 0) is 48.5 Å². The molecule has 0 radical (unpaired) electrons. The zero-order chi connectivity index (χ0) is 19.9. The SMILES string of the molecule is Clc1ccc(N2N=C(c3ccccc3)[NH2+]N2c2ccccn2)cc1.O=[N+]([O-])[O-]. The summed E-state index contributed by atoms with van der Waals surface area (Å²) in [4.78, 5) is 12.7. The van der Waals surface area contributed by atoms with Crippen molar-refractivity contribution >= 4 is 28.9 Å². The van der Waals surface area contributed by atoms with Crippen molar-refractivity contribution in [2.45, 2.75) is 0 Å². The van der Waals surface area contributed by atoms with Crippen molar-refractivity contribution in [2.24, 2.45) is 5.10 Å². The van der Waals surface area contributed by atoms with E-state index in [1.807, 2.05) is 88.5 Å². The molecule has 4 rings (SSSR count). The second-order valence-corrected chi connectivity index (χ2v) is 5.94. The van der Waals surface area contributed by atoms with Crippen LogP contribution in [0.2, 0.25) is 5.02 Å². The van der Waals surface area contributed by atoms with E-state index in [0.717, 1.165) is 22.9 Å². The number of aromatic nitrogens is 1. The molecule has 142 valence electrons. The van der Waals surface area contributed by atoms with Gasteiger partial charge < -0.3 is 15.3 Å². The second kappa shape index (κ2) is 8.80. The highest BCUT2D eigenvalue weighted by Crippen LogP contribution is 2.23. The molecule has 0 amide bonds. The minimum absolute atomic E-state index is 0.693. The van der Waals surface area contributed by atoms with Gasteiger partial charge in [0.25, 0.3) is 5.84 Å². The first-order valence-electron chi connectivity index (χ1n) is 8.11. The van der Waals surface area contributed by atoms with Gasteiger partial charge in [0.05, 0.1) is 16.3 Å². The van der Waals surface area contributed by atoms with E-state index in [4.69, 9.17) is 32.0 Å². The van der Waals surface area contributed by atoms with E-state index in [0.29, 0.717) is 5.02 Å². The molecule has 10 heteroatoms. The van der Waals surface area contributed by atoms with Gasteiger partial charge in [-0.3, -0.25) is 0 Å². The van der Waals surface area contributed by atoms with E-state index in [1.54, 1.807) is 6.20 Å². The number of anilines is 2. The van der Waals surface area contributed by atoms with Crippen LogP contribution in [-0.2, 0) is 0 Å². The maximum atomic E-state index is 8.25. The molecule has 2 aromatic carbocycles. The van der Waals surface area contributed by atoms with Crippen LogP contribution in [0.15, 0.2) is 84.1 Å². The zero-order valence-electron chi connectivity index (χ0n) is 14.4. The maximum Gasteiger partial charge on any atom is 0.277 e. The number of rotatable bonds is 3. The van der Waals surface area contributed by atoms with Crippen molar-refractivity contribution in [1.29, 1.82) is 0 Å². The van der Waals surface area contributed by atoms with Gasteiger partial charge in [0, 0.05) is 11.2 Å². The van der Waals surface area contributed by atoms with Crippen LogP contribution in [0.5, 0.6) is 0 Å². The number of benzene rings is 2. The minimum atomic E-state index is -1.75. The van der Waals surface area contributed by atoms with Crippen LogP contribution in [0.1, 0.15) is 5.56 Å². The molecule has 0 fully saturated rings. The fourth-order valence-electron chi connectivity index (χ4n) is 2.50. The molecule has 0 bridgehead atoms. The first-order valence-corrected chi connectivity index (χ1v) is 8.48. The number of amidine groups is 1. The molecule has 0 aliphatic carbocycles. The van der Waals surface area contributed by atoms with Crippen LogP contribution in [0, 0.1) is 15.3 Å². The third kappa shape index (κ3) is 4.72. The third-order valence-electron chi connectivity index (χ3n) is 3.66. The molecule has 0 saturated carbocycles. The quantitative estimate of drug-likeness (QED) is 0.412. The van der Waals surface area contributed by atoms with Gasteiger partial charge in [0.1, 0.15) is 0 Å². The Kier molecular flexibility index (Phi) is 6.00. The van der Waals surface area contributed by atoms with E-state index in [9.17, 15) is 0 Å². The summed E-state index contributed by atoms with van der Waals surface area (Å²) in [5.74, 6) is 1.67. The zero-order valence-corrected chi connectivity index (χ0v) is 15.2. The molecule has 0 saturated heterocycles. The van der Waals surface area contributed by atoms with E-state index in [-0.39, 0.29) is 0 Å². The van der Waals surface area contributed by atoms with Crippen LogP contribution in [-0.4, -0.2) is 15.9 Å². The smallest absolute Gasteiger partial charge is 0.277 e. The van der Waals surface area contributed by atoms with E-state index >= 15 is 0 Å². The number of quaternary nitrogens is 1. The number of hydrogen-bond acceptors (Lipinski definition) is 7. The van der Waals surface area contributed by atoms with Crippen molar-refractivity contribution in [3.8, 4) is 0 Å². The lowest BCUT2D eigenvalue weighted by molar-refractivity contribution is -0.545. The molecular weight excluding hydrogens is 384 g/mol. The summed E-state index contributed by atoms with van der Waals surface area (Å²) in [6.07, 6.45) is 1.77. The molecule has 0 atom stereocenters. The fraction of sp³-hybridized carbons (Fsp3) is 0. The Morgan fingerprint density at radius 3 is 2.18 bits per heavy atom. The lowest BCUT2D eigenvalue weighted by Crippen LogP contribution is -2.96. The van der Waals surface area contributed by atoms with Crippen molar-refractivity contribution < 1.29 is 10.5 Å². The molecule has 0 unspecified atom stereocenters. The average molecular weight is 399 g/mol. The summed E-state index contributed by atoms with van der Waals surface area (Å²) in [5.41, 5.74) is 3.94. The van der Waals surface area contributed by atoms with Gasteiger partial charge >= 0.3 is 0 Å². The number of nitrogens with zero attached hydrogens (tertiary/aromatic N) is 5. The number of hydrazine groups is 1. The van der Waals surface area contributed by atoms with E-state index in [1.165, 1.54) is 0 Å². The van der Waals surface area contributed by atoms with Gasteiger partial charge in [0.2, 0.25) is 5.82 Å². The molecule has 2 N–H and O–H groups in total. The number of nitrogens with two attached hydrogens (primary N) is 1. The predicted octanol–water partition coefficient (Wildman–Crippen LogP) is 2.58. The van der Waals surface area contributed by atoms with Crippen molar-refractivity contribution in [3.63, 3.8) is 0 Å². The Balaban J connectivity index is 0.000000516. The molecule has 28 heavy (non-hydrogen) atoms. The first kappa shape index (κ1) is 19.1. The van der Waals surface area contributed by atoms with Gasteiger partial charge in [-0.2, -0.15) is 5.43 Å². The standard InChI is InChI=1S/C18H14ClN5.NO3/c19-15-9-11-16(12-10-15)23-21-18(14-6-2-1-3-7-14)22-24(23)17-8-4-5-13-20-17;2-1(3)4/h1-13H,(H,21,22);/q;-1/p+1. The Morgan fingerprint density at radius 1 is 0.929 bits per heavy atom. The molecule has 1 aromatic heterocycles. The normalized spacial score (nSPS) is 12.8. The Morgan fingerprint density at radius 2 is 1.57 bits per heavy atom. The largest absolute Gasteiger partial charge is 0.356 e. The van der Waals surface area contributed by atoms with Crippen molar-refractivity contribution in [1.82, 2.24) is 4.98 Å². The van der Waals surface area contributed by atoms with Gasteiger partial charge in [0.15, 0.2) is 0 Å². The highest BCUT2D eigenvalue weighted by atomic mass is 35.5. The van der Waals surface area contributed by atoms with Crippen LogP contribution in [0.25, 0.3) is 0 Å². The maximum absolute atomic E-state index is 8.25. The number of pyridine rings is 1. The summed E-state index contributed by atoms with van der Waals surface area (Å²) >= 11 is 6.01. The van der Waals surface area contributed by atoms with Gasteiger partial charge in [-0.25, -0.2) is 4.98 Å². The monoisotopic (exact) mass is 398 g/mol. The second-order valence-electron chi connectivity index (χ2n) is 5.50. The third-order valence-corrected chi connectivity index (χ3v) is 3.91. The Bertz CT molecular complexity index is 950. The molecule has 2 heterocycles. The van der Waals surface area contributed by atoms with Crippen LogP contribution in [0.3, 0.4) is 0 Å². The molecule has 1 aliphatic rings. The molecule has 3 aromatic rings. The van der Waals surface area contributed by atoms with Gasteiger partial charge in [-0.1, -0.05) is 46.1 Å². The Labute approximate surface area is 165 Å². The highest BCUT2D eigenvalue weighted by Gasteiger charge is 2.31. The minimum Gasteiger partial charge on any atom is -0.356 e. The lowest BCUT2D eigenvalue weighted by Gasteiger charge is -2.22. The molecule has 0 spiro atoms. The summed E-state index contributed by atoms with van der Waals surface area (Å²) in [6, 6.07) is 23.4. The van der Waals surface area contributed by atoms with Crippen molar-refractivity contribution in [3.05, 3.63) is 105 Å². The van der Waals surface area contributed by atoms with E-state index < -0.39 is 5.09 Å². The fourth-order valence-corrected chi connectivity index (χ4v) is 2.62. The summed E-state index contributed by atoms with van der Waals surface area (Å²) in [6.45, 7) is 0. The number of hydrazone groups is 1. The Hall–Kier alpha value is -3.69. The van der Waals surface area contributed by atoms with Crippen LogP contribution in [0.4, 0.5) is 11.5 Å². The van der Waals surface area contributed by atoms with Crippen LogP contribution >= 0.6 is 11.6 Å². The highest BCUT2D eigenvalue weighted by molar-refractivity contribution is 6.30. The predicted molar refractivity (Wildman–Crippen MR) is 106 cm³/mol. The van der Waals surface area contributed by atoms with Crippen LogP contribution < -0.4 is 15.7 Å². The number of halogens is 1. The summed E-state index contributed by atoms with van der Waals surface area (Å²) < 4.78 is 0. The van der Waals surface area contributed by atoms with Gasteiger partial charge in [-0.15, -0.1) is 5.12 Å². The van der Waals surface area contributed by atoms with Crippen molar-refractivity contribution in [2.75, 3.05) is 10.2 Å². The molecule has 9 nitrogen and oxygen atoms in total. The average Bonchev–Trinajstić information content (AvgIpc) is 3.15. The lowest BCUT2D eigenvalue weighted by atomic mass is 10.2.